The Bertz CT molecular complexity index is 415. The monoisotopic (exact) mass is 338 g/mol. The molecule has 0 spiro atoms. The van der Waals surface area contributed by atoms with Crippen molar-refractivity contribution in [3.63, 3.8) is 0 Å². The highest BCUT2D eigenvalue weighted by atomic mass is 31.2. The van der Waals surface area contributed by atoms with E-state index in [4.69, 9.17) is 9.47 Å². The third-order valence-electron chi connectivity index (χ3n) is 4.55. The Kier molecular flexibility index (Phi) is 7.02. The predicted molar refractivity (Wildman–Crippen MR) is 80.6 cm³/mol. The van der Waals surface area contributed by atoms with Crippen molar-refractivity contribution in [1.29, 1.82) is 0 Å². The molecule has 3 N–H and O–H groups in total. The lowest BCUT2D eigenvalue weighted by Crippen LogP contribution is -2.50. The van der Waals surface area contributed by atoms with E-state index in [1.807, 2.05) is 0 Å². The number of hydrogen-bond donors (Lipinski definition) is 3. The molecule has 1 aliphatic rings. The third kappa shape index (κ3) is 3.89. The summed E-state index contributed by atoms with van der Waals surface area (Å²) in [7, 11) is -4.86. The lowest BCUT2D eigenvalue weighted by Gasteiger charge is -2.40. The average molecular weight is 338 g/mol. The zero-order valence-electron chi connectivity index (χ0n) is 13.4. The van der Waals surface area contributed by atoms with Crippen LogP contribution >= 0.6 is 7.60 Å². The second-order valence-corrected chi connectivity index (χ2v) is 7.67. The summed E-state index contributed by atoms with van der Waals surface area (Å²) >= 11 is 0. The van der Waals surface area contributed by atoms with Crippen molar-refractivity contribution in [3.8, 4) is 0 Å². The molecule has 22 heavy (non-hydrogen) atoms. The first-order chi connectivity index (χ1) is 10.2. The van der Waals surface area contributed by atoms with Crippen LogP contribution in [0.3, 0.4) is 0 Å². The van der Waals surface area contributed by atoms with Crippen LogP contribution in [0.15, 0.2) is 0 Å². The molecule has 0 aromatic rings. The van der Waals surface area contributed by atoms with Gasteiger partial charge in [-0.1, -0.05) is 13.8 Å². The molecule has 130 valence electrons. The van der Waals surface area contributed by atoms with E-state index >= 15 is 0 Å². The maximum Gasteiger partial charge on any atom is 0.343 e. The van der Waals surface area contributed by atoms with Crippen LogP contribution in [0.1, 0.15) is 52.9 Å². The van der Waals surface area contributed by atoms with Crippen LogP contribution in [0, 0.1) is 5.92 Å². The predicted octanol–water partition coefficient (Wildman–Crippen LogP) is 2.36. The molecule has 0 amide bonds. The normalized spacial score (nSPS) is 25.2. The van der Waals surface area contributed by atoms with E-state index < -0.39 is 37.0 Å². The largest absolute Gasteiger partial charge is 0.480 e. The molecule has 4 atom stereocenters. The second kappa shape index (κ2) is 7.88. The summed E-state index contributed by atoms with van der Waals surface area (Å²) in [5, 5.41) is 7.41. The van der Waals surface area contributed by atoms with Gasteiger partial charge < -0.3 is 24.4 Å². The molecule has 8 heteroatoms. The molecular weight excluding hydrogens is 311 g/mol. The molecule has 0 bridgehead atoms. The van der Waals surface area contributed by atoms with Gasteiger partial charge in [0, 0.05) is 12.5 Å². The molecular formula is C14H27O7P. The second-order valence-electron chi connectivity index (χ2n) is 5.78. The fourth-order valence-electron chi connectivity index (χ4n) is 3.33. The maximum absolute atomic E-state index is 11.9. The molecule has 0 radical (unpaired) electrons. The van der Waals surface area contributed by atoms with Gasteiger partial charge in [-0.2, -0.15) is 0 Å². The molecule has 1 heterocycles. The van der Waals surface area contributed by atoms with Gasteiger partial charge in [-0.15, -0.1) is 0 Å². The van der Waals surface area contributed by atoms with Crippen molar-refractivity contribution in [3.05, 3.63) is 0 Å². The molecule has 1 rings (SSSR count). The summed E-state index contributed by atoms with van der Waals surface area (Å²) in [5.41, 5.74) is 0. The van der Waals surface area contributed by atoms with E-state index in [0.29, 0.717) is 19.4 Å². The Morgan fingerprint density at radius 1 is 1.41 bits per heavy atom. The number of ether oxygens (including phenoxy) is 2. The van der Waals surface area contributed by atoms with Crippen molar-refractivity contribution in [2.75, 3.05) is 6.61 Å². The Morgan fingerprint density at radius 2 is 2.05 bits per heavy atom. The molecule has 1 aliphatic heterocycles. The van der Waals surface area contributed by atoms with Gasteiger partial charge in [-0.25, -0.2) is 0 Å². The molecule has 1 saturated heterocycles. The van der Waals surface area contributed by atoms with E-state index in [1.54, 1.807) is 13.8 Å². The number of carboxylic acids is 1. The van der Waals surface area contributed by atoms with E-state index in [1.165, 1.54) is 6.92 Å². The van der Waals surface area contributed by atoms with E-state index in [9.17, 15) is 24.3 Å². The van der Waals surface area contributed by atoms with Crippen molar-refractivity contribution >= 4 is 13.6 Å². The summed E-state index contributed by atoms with van der Waals surface area (Å²) < 4.78 is 23.2. The van der Waals surface area contributed by atoms with Crippen molar-refractivity contribution < 1.29 is 33.7 Å². The quantitative estimate of drug-likeness (QED) is 0.582. The Labute approximate surface area is 131 Å². The van der Waals surface area contributed by atoms with E-state index in [-0.39, 0.29) is 6.42 Å². The smallest absolute Gasteiger partial charge is 0.343 e. The average Bonchev–Trinajstić information content (AvgIpc) is 2.43. The number of aliphatic carboxylic acids is 1. The first-order valence-corrected chi connectivity index (χ1v) is 9.38. The first-order valence-electron chi connectivity index (χ1n) is 7.76. The van der Waals surface area contributed by atoms with Crippen molar-refractivity contribution in [1.82, 2.24) is 0 Å². The summed E-state index contributed by atoms with van der Waals surface area (Å²) in [6, 6.07) is 0. The van der Waals surface area contributed by atoms with Gasteiger partial charge in [0.15, 0.2) is 11.4 Å². The van der Waals surface area contributed by atoms with Crippen LogP contribution < -0.4 is 0 Å². The SMILES string of the molecule is CCC(C(C)OC1CCCCO1)C(CC)(C(=O)O)P(=O)(O)O. The lowest BCUT2D eigenvalue weighted by atomic mass is 9.83. The van der Waals surface area contributed by atoms with Gasteiger partial charge in [0.1, 0.15) is 0 Å². The Hall–Kier alpha value is -0.460. The van der Waals surface area contributed by atoms with E-state index in [0.717, 1.165) is 12.8 Å². The molecule has 0 aromatic carbocycles. The fraction of sp³-hybridized carbons (Fsp3) is 0.929. The highest BCUT2D eigenvalue weighted by molar-refractivity contribution is 7.54. The molecule has 7 nitrogen and oxygen atoms in total. The topological polar surface area (TPSA) is 113 Å². The fourth-order valence-corrected chi connectivity index (χ4v) is 4.81. The minimum atomic E-state index is -4.86. The van der Waals surface area contributed by atoms with Crippen LogP contribution in [0.4, 0.5) is 0 Å². The van der Waals surface area contributed by atoms with Crippen LogP contribution in [0.25, 0.3) is 0 Å². The summed E-state index contributed by atoms with van der Waals surface area (Å²) in [6.45, 7) is 5.45. The van der Waals surface area contributed by atoms with Crippen LogP contribution in [0.5, 0.6) is 0 Å². The van der Waals surface area contributed by atoms with Crippen molar-refractivity contribution in [2.24, 2.45) is 5.92 Å². The molecule has 1 fully saturated rings. The lowest BCUT2D eigenvalue weighted by molar-refractivity contribution is -0.199. The zero-order valence-corrected chi connectivity index (χ0v) is 14.3. The van der Waals surface area contributed by atoms with Crippen molar-refractivity contribution in [2.45, 2.75) is 70.4 Å². The van der Waals surface area contributed by atoms with Crippen LogP contribution in [-0.2, 0) is 18.8 Å². The maximum atomic E-state index is 11.9. The van der Waals surface area contributed by atoms with Gasteiger partial charge >= 0.3 is 13.6 Å². The molecule has 0 aromatic heterocycles. The summed E-state index contributed by atoms with van der Waals surface area (Å²) in [4.78, 5) is 31.1. The number of hydrogen-bond acceptors (Lipinski definition) is 4. The highest BCUT2D eigenvalue weighted by Gasteiger charge is 2.59. The summed E-state index contributed by atoms with van der Waals surface area (Å²) in [6.07, 6.45) is 1.70. The summed E-state index contributed by atoms with van der Waals surface area (Å²) in [5.74, 6) is -2.28. The Balaban J connectivity index is 3.02. The van der Waals surface area contributed by atoms with Gasteiger partial charge in [-0.3, -0.25) is 9.36 Å². The van der Waals surface area contributed by atoms with Gasteiger partial charge in [0.25, 0.3) is 0 Å². The molecule has 4 unspecified atom stereocenters. The number of carbonyl (C=O) groups is 1. The minimum Gasteiger partial charge on any atom is -0.480 e. The molecule has 0 saturated carbocycles. The van der Waals surface area contributed by atoms with Crippen LogP contribution in [0.2, 0.25) is 0 Å². The van der Waals surface area contributed by atoms with Crippen LogP contribution in [-0.4, -0.2) is 45.0 Å². The third-order valence-corrected chi connectivity index (χ3v) is 6.43. The van der Waals surface area contributed by atoms with Gasteiger partial charge in [-0.05, 0) is 39.0 Å². The highest BCUT2D eigenvalue weighted by Crippen LogP contribution is 2.58. The number of rotatable bonds is 8. The number of carboxylic acid groups (broad SMARTS) is 1. The van der Waals surface area contributed by atoms with Gasteiger partial charge in [0.2, 0.25) is 0 Å². The van der Waals surface area contributed by atoms with E-state index in [2.05, 4.69) is 0 Å². The zero-order chi connectivity index (χ0) is 17.0. The standard InChI is InChI=1S/C14H27O7P/c1-4-11(10(3)21-12-8-6-7-9-20-12)14(5-2,13(15)16)22(17,18)19/h10-12H,4-9H2,1-3H3,(H,15,16)(H2,17,18,19). The Morgan fingerprint density at radius 3 is 2.41 bits per heavy atom. The minimum absolute atomic E-state index is 0.162. The first kappa shape index (κ1) is 19.6. The molecule has 0 aliphatic carbocycles. The van der Waals surface area contributed by atoms with Gasteiger partial charge in [0.05, 0.1) is 6.10 Å².